The first-order valence-electron chi connectivity index (χ1n) is 11.9. The molecule has 1 rings (SSSR count). The fourth-order valence-corrected chi connectivity index (χ4v) is 6.04. The van der Waals surface area contributed by atoms with E-state index in [2.05, 4.69) is 16.1 Å². The summed E-state index contributed by atoms with van der Waals surface area (Å²) in [5.74, 6) is 1.19. The maximum Gasteiger partial charge on any atom is 0.353 e. The molecule has 5 atom stereocenters. The molecule has 2 radical (unpaired) electrons. The van der Waals surface area contributed by atoms with Crippen LogP contribution in [0.5, 0.6) is 0 Å². The number of nitrogens with one attached hydrogen (secondary N) is 1. The number of amides is 1. The zero-order chi connectivity index (χ0) is 27.3. The second-order valence-corrected chi connectivity index (χ2v) is 12.1. The highest BCUT2D eigenvalue weighted by Gasteiger charge is 2.46. The van der Waals surface area contributed by atoms with E-state index in [0.717, 1.165) is 0 Å². The van der Waals surface area contributed by atoms with Gasteiger partial charge in [0, 0.05) is 58.2 Å². The highest BCUT2D eigenvalue weighted by Crippen LogP contribution is 2.51. The van der Waals surface area contributed by atoms with Crippen LogP contribution in [0.1, 0.15) is 47.5 Å². The van der Waals surface area contributed by atoms with Crippen LogP contribution < -0.4 is 5.32 Å². The summed E-state index contributed by atoms with van der Waals surface area (Å²) in [6.45, 7) is 10.5. The number of rotatable bonds is 17. The average molecular weight is 547 g/mol. The van der Waals surface area contributed by atoms with E-state index >= 15 is 0 Å². The van der Waals surface area contributed by atoms with E-state index in [-0.39, 0.29) is 31.0 Å². The Balaban J connectivity index is 3.20. The van der Waals surface area contributed by atoms with Gasteiger partial charge in [-0.05, 0) is 40.2 Å². The third kappa shape index (κ3) is 10.9. The molecular weight excluding hydrogens is 507 g/mol. The molecule has 1 saturated heterocycles. The van der Waals surface area contributed by atoms with Crippen molar-refractivity contribution in [2.24, 2.45) is 0 Å². The third-order valence-corrected chi connectivity index (χ3v) is 8.82. The molecule has 0 aromatic carbocycles. The summed E-state index contributed by atoms with van der Waals surface area (Å²) in [6, 6.07) is 1.41. The topological polar surface area (TPSA) is 129 Å². The lowest BCUT2D eigenvalue weighted by Crippen LogP contribution is -2.40. The van der Waals surface area contributed by atoms with Gasteiger partial charge in [-0.3, -0.25) is 9.36 Å². The Morgan fingerprint density at radius 3 is 2.39 bits per heavy atom. The van der Waals surface area contributed by atoms with Crippen LogP contribution >= 0.6 is 16.1 Å². The molecule has 14 heteroatoms. The molecule has 11 nitrogen and oxygen atoms in total. The Kier molecular flexibility index (Phi) is 15.6. The number of hydrogen-bond acceptors (Lipinski definition) is 10. The smallest absolute Gasteiger partial charge is 0.353 e. The van der Waals surface area contributed by atoms with Gasteiger partial charge in [0.15, 0.2) is 0 Å². The van der Waals surface area contributed by atoms with E-state index in [0.29, 0.717) is 19.6 Å². The van der Waals surface area contributed by atoms with Gasteiger partial charge in [0.2, 0.25) is 5.91 Å². The van der Waals surface area contributed by atoms with E-state index in [1.54, 1.807) is 0 Å². The number of nitriles is 1. The van der Waals surface area contributed by atoms with Crippen molar-refractivity contribution in [3.05, 3.63) is 11.9 Å². The van der Waals surface area contributed by atoms with Crippen molar-refractivity contribution in [3.63, 3.8) is 0 Å². The van der Waals surface area contributed by atoms with Gasteiger partial charge >= 0.3 is 7.60 Å². The monoisotopic (exact) mass is 547 g/mol. The molecule has 1 fully saturated rings. The minimum Gasteiger partial charge on any atom is -0.375 e. The molecule has 1 aliphatic rings. The van der Waals surface area contributed by atoms with Crippen molar-refractivity contribution in [2.75, 3.05) is 34.0 Å². The van der Waals surface area contributed by atoms with Crippen LogP contribution in [0.25, 0.3) is 0 Å². The summed E-state index contributed by atoms with van der Waals surface area (Å²) < 4.78 is 49.1. The molecule has 36 heavy (non-hydrogen) atoms. The van der Waals surface area contributed by atoms with E-state index in [4.69, 9.17) is 40.7 Å². The number of ether oxygens (including phenoxy) is 2. The standard InChI is InChI=1S/C22H40BN3O8P2/c1-16(2)26(17(3)4)35(32-14-8-11-24)34-20-19(10-15-36(28,29-6)30-7)33-22(23)21(20)31-13-9-12-25-18(5)27/h10,15-17,19-22H,8-9,12-14H2,1-7H3,(H,25,27)/b15-10+/t19-,20-,21-,22-,35?/m1/s1. The minimum atomic E-state index is -3.46. The molecule has 1 amide bonds. The molecule has 0 aromatic rings. The number of carbonyl (C=O) groups excluding carboxylic acids is 1. The molecule has 1 unspecified atom stereocenters. The highest BCUT2D eigenvalue weighted by molar-refractivity contribution is 7.57. The normalized spacial score (nSPS) is 23.6. The lowest BCUT2D eigenvalue weighted by molar-refractivity contribution is -0.119. The van der Waals surface area contributed by atoms with Crippen LogP contribution in [0.15, 0.2) is 11.9 Å². The summed E-state index contributed by atoms with van der Waals surface area (Å²) in [6.07, 6.45) is 0.196. The van der Waals surface area contributed by atoms with Gasteiger partial charge in [0.25, 0.3) is 8.53 Å². The van der Waals surface area contributed by atoms with Crippen molar-refractivity contribution in [2.45, 2.75) is 83.9 Å². The summed E-state index contributed by atoms with van der Waals surface area (Å²) in [5.41, 5.74) is 0. The van der Waals surface area contributed by atoms with Crippen molar-refractivity contribution >= 4 is 29.9 Å². The van der Waals surface area contributed by atoms with E-state index in [1.807, 2.05) is 27.7 Å². The molecule has 0 saturated carbocycles. The Morgan fingerprint density at radius 1 is 1.22 bits per heavy atom. The lowest BCUT2D eigenvalue weighted by atomic mass is 9.93. The van der Waals surface area contributed by atoms with Crippen LogP contribution in [0.3, 0.4) is 0 Å². The van der Waals surface area contributed by atoms with Gasteiger partial charge in [0.05, 0.1) is 19.1 Å². The van der Waals surface area contributed by atoms with Gasteiger partial charge in [0.1, 0.15) is 26.2 Å². The molecule has 1 heterocycles. The zero-order valence-corrected chi connectivity index (χ0v) is 24.1. The summed E-state index contributed by atoms with van der Waals surface area (Å²) in [4.78, 5) is 11.1. The molecule has 204 valence electrons. The first-order chi connectivity index (χ1) is 17.0. The largest absolute Gasteiger partial charge is 0.375 e. The molecular formula is C22H40BN3O8P2. The Hall–Kier alpha value is -0.855. The molecule has 0 bridgehead atoms. The van der Waals surface area contributed by atoms with Crippen molar-refractivity contribution in [1.29, 1.82) is 5.26 Å². The second kappa shape index (κ2) is 16.9. The molecule has 0 aromatic heterocycles. The van der Waals surface area contributed by atoms with E-state index in [1.165, 1.54) is 33.0 Å². The summed E-state index contributed by atoms with van der Waals surface area (Å²) >= 11 is 0. The van der Waals surface area contributed by atoms with Gasteiger partial charge in [-0.15, -0.1) is 0 Å². The average Bonchev–Trinajstić information content (AvgIpc) is 3.10. The molecule has 1 N–H and O–H groups in total. The molecule has 1 aliphatic heterocycles. The maximum absolute atomic E-state index is 12.6. The third-order valence-electron chi connectivity index (χ3n) is 5.13. The Labute approximate surface area is 218 Å². The predicted molar refractivity (Wildman–Crippen MR) is 138 cm³/mol. The van der Waals surface area contributed by atoms with Crippen LogP contribution in [0, 0.1) is 11.3 Å². The Bertz CT molecular complexity index is 767. The fraction of sp³-hybridized carbons (Fsp3) is 0.818. The van der Waals surface area contributed by atoms with E-state index in [9.17, 15) is 9.36 Å². The summed E-state index contributed by atoms with van der Waals surface area (Å²) in [5, 5.41) is 11.7. The van der Waals surface area contributed by atoms with Crippen LogP contribution in [0.4, 0.5) is 0 Å². The van der Waals surface area contributed by atoms with Gasteiger partial charge in [-0.1, -0.05) is 0 Å². The van der Waals surface area contributed by atoms with Crippen molar-refractivity contribution in [3.8, 4) is 6.07 Å². The highest BCUT2D eigenvalue weighted by atomic mass is 31.2. The number of carbonyl (C=O) groups is 1. The van der Waals surface area contributed by atoms with Crippen LogP contribution in [0.2, 0.25) is 0 Å². The number of nitrogens with zero attached hydrogens (tertiary/aromatic N) is 2. The quantitative estimate of drug-likeness (QED) is 0.164. The maximum atomic E-state index is 12.6. The van der Waals surface area contributed by atoms with Crippen LogP contribution in [-0.4, -0.2) is 88.8 Å². The van der Waals surface area contributed by atoms with Gasteiger partial charge in [-0.2, -0.15) is 5.26 Å². The first kappa shape index (κ1) is 33.2. The summed E-state index contributed by atoms with van der Waals surface area (Å²) in [7, 11) is 3.76. The fourth-order valence-electron chi connectivity index (χ4n) is 3.52. The lowest BCUT2D eigenvalue weighted by Gasteiger charge is -2.38. The van der Waals surface area contributed by atoms with Gasteiger partial charge in [-0.25, -0.2) is 4.67 Å². The van der Waals surface area contributed by atoms with Crippen molar-refractivity contribution in [1.82, 2.24) is 9.99 Å². The molecule has 0 aliphatic carbocycles. The Morgan fingerprint density at radius 2 is 1.86 bits per heavy atom. The minimum absolute atomic E-state index is 0.0856. The van der Waals surface area contributed by atoms with Crippen LogP contribution in [-0.2, 0) is 36.9 Å². The molecule has 0 spiro atoms. The first-order valence-corrected chi connectivity index (χ1v) is 14.7. The van der Waals surface area contributed by atoms with Crippen molar-refractivity contribution < 1.29 is 36.9 Å². The second-order valence-electron chi connectivity index (χ2n) is 8.60. The predicted octanol–water partition coefficient (Wildman–Crippen LogP) is 3.45. The van der Waals surface area contributed by atoms with Gasteiger partial charge < -0.3 is 32.9 Å². The van der Waals surface area contributed by atoms with E-state index < -0.39 is 40.4 Å². The number of hydrogen-bond donors (Lipinski definition) is 1. The zero-order valence-electron chi connectivity index (χ0n) is 22.3. The SMILES string of the molecule is [B][C@@H]1O[C@H](/C=C/P(=O)(OC)OC)[C@@H](OP(OCCC#N)N(C(C)C)C(C)C)[C@H]1OCCCNC(C)=O.